The fourth-order valence-corrected chi connectivity index (χ4v) is 0.437. The van der Waals surface area contributed by atoms with E-state index in [1.807, 2.05) is 0 Å². The summed E-state index contributed by atoms with van der Waals surface area (Å²) < 4.78 is 4.73. The third-order valence-corrected chi connectivity index (χ3v) is 0.989. The Morgan fingerprint density at radius 3 is 2.56 bits per heavy atom. The summed E-state index contributed by atoms with van der Waals surface area (Å²) >= 11 is 0. The molecule has 0 aromatic rings. The lowest BCUT2D eigenvalue weighted by atomic mass is 10.3. The predicted octanol–water partition coefficient (Wildman–Crippen LogP) is 0.771. The third kappa shape index (κ3) is 3.08. The van der Waals surface area contributed by atoms with E-state index in [1.165, 1.54) is 0 Å². The molecule has 0 rings (SSSR count). The van der Waals surface area contributed by atoms with Gasteiger partial charge in [0.25, 0.3) is 0 Å². The Bertz CT molecular complexity index is 93.1. The lowest BCUT2D eigenvalue weighted by Gasteiger charge is -2.08. The van der Waals surface area contributed by atoms with Gasteiger partial charge in [0.15, 0.2) is 0 Å². The lowest BCUT2D eigenvalue weighted by molar-refractivity contribution is 0.184. The Labute approximate surface area is 55.2 Å². The molecule has 0 bridgehead atoms. The van der Waals surface area contributed by atoms with E-state index in [1.54, 1.807) is 13.8 Å². The van der Waals surface area contributed by atoms with Gasteiger partial charge in [0.1, 0.15) is 6.10 Å². The van der Waals surface area contributed by atoms with Crippen LogP contribution in [0.3, 0.4) is 0 Å². The Hall–Kier alpha value is -0.570. The van der Waals surface area contributed by atoms with E-state index in [4.69, 9.17) is 15.3 Å². The second-order valence-electron chi connectivity index (χ2n) is 1.72. The van der Waals surface area contributed by atoms with Crippen LogP contribution in [0.2, 0.25) is 0 Å². The van der Waals surface area contributed by atoms with E-state index in [0.717, 1.165) is 0 Å². The van der Waals surface area contributed by atoms with Gasteiger partial charge in [-0.3, -0.25) is 5.41 Å². The van der Waals surface area contributed by atoms with Crippen LogP contribution in [0.4, 0.5) is 0 Å². The first-order chi connectivity index (χ1) is 4.22. The molecule has 54 valence electrons. The van der Waals surface area contributed by atoms with Crippen LogP contribution in [0, 0.1) is 5.41 Å². The Morgan fingerprint density at radius 1 is 1.67 bits per heavy atom. The van der Waals surface area contributed by atoms with Crippen molar-refractivity contribution in [2.75, 3.05) is 6.61 Å². The highest BCUT2D eigenvalue weighted by Crippen LogP contribution is 1.92. The summed E-state index contributed by atoms with van der Waals surface area (Å²) in [7, 11) is 0. The molecule has 0 aromatic carbocycles. The molecule has 0 saturated carbocycles. The van der Waals surface area contributed by atoms with Crippen molar-refractivity contribution in [3.05, 3.63) is 0 Å². The molecule has 0 saturated heterocycles. The molecule has 0 aromatic heterocycles. The average molecular weight is 131 g/mol. The van der Waals surface area contributed by atoms with Crippen LogP contribution in [0.15, 0.2) is 0 Å². The standard InChI is InChI=1S/C6H13NO2/c1-3-5(8)6(7)9-4-2/h5,7-8H,3-4H2,1-2H3. The number of hydrogen-bond acceptors (Lipinski definition) is 3. The van der Waals surface area contributed by atoms with Crippen LogP contribution in [0.25, 0.3) is 0 Å². The highest BCUT2D eigenvalue weighted by molar-refractivity contribution is 5.77. The normalized spacial score (nSPS) is 12.8. The number of nitrogens with one attached hydrogen (secondary N) is 1. The van der Waals surface area contributed by atoms with Crippen molar-refractivity contribution in [1.82, 2.24) is 0 Å². The molecule has 0 amide bonds. The molecule has 0 radical (unpaired) electrons. The van der Waals surface area contributed by atoms with Gasteiger partial charge in [-0.1, -0.05) is 6.92 Å². The van der Waals surface area contributed by atoms with Crippen LogP contribution >= 0.6 is 0 Å². The van der Waals surface area contributed by atoms with Gasteiger partial charge in [0, 0.05) is 0 Å². The molecular weight excluding hydrogens is 118 g/mol. The molecule has 1 unspecified atom stereocenters. The van der Waals surface area contributed by atoms with Gasteiger partial charge in [-0.2, -0.15) is 0 Å². The number of aliphatic hydroxyl groups is 1. The third-order valence-electron chi connectivity index (χ3n) is 0.989. The zero-order valence-electron chi connectivity index (χ0n) is 5.85. The Kier molecular flexibility index (Phi) is 4.05. The second-order valence-corrected chi connectivity index (χ2v) is 1.72. The zero-order chi connectivity index (χ0) is 7.28. The predicted molar refractivity (Wildman–Crippen MR) is 35.7 cm³/mol. The molecule has 0 fully saturated rings. The molecule has 0 heterocycles. The SMILES string of the molecule is CCOC(=N)C(O)CC. The summed E-state index contributed by atoms with van der Waals surface area (Å²) in [5.41, 5.74) is 0. The number of rotatable bonds is 3. The minimum absolute atomic E-state index is 0.0278. The van der Waals surface area contributed by atoms with Gasteiger partial charge < -0.3 is 9.84 Å². The Balaban J connectivity index is 3.46. The maximum atomic E-state index is 8.91. The highest BCUT2D eigenvalue weighted by atomic mass is 16.5. The fourth-order valence-electron chi connectivity index (χ4n) is 0.437. The van der Waals surface area contributed by atoms with Crippen molar-refractivity contribution in [3.8, 4) is 0 Å². The first kappa shape index (κ1) is 8.43. The summed E-state index contributed by atoms with van der Waals surface area (Å²) in [5.74, 6) is -0.0278. The molecule has 0 aliphatic heterocycles. The van der Waals surface area contributed by atoms with Gasteiger partial charge in [-0.25, -0.2) is 0 Å². The van der Waals surface area contributed by atoms with Crippen molar-refractivity contribution in [1.29, 1.82) is 5.41 Å². The van der Waals surface area contributed by atoms with E-state index >= 15 is 0 Å². The number of ether oxygens (including phenoxy) is 1. The van der Waals surface area contributed by atoms with Crippen LogP contribution in [-0.4, -0.2) is 23.7 Å². The molecule has 0 aliphatic rings. The van der Waals surface area contributed by atoms with Crippen LogP contribution in [0.5, 0.6) is 0 Å². The van der Waals surface area contributed by atoms with Crippen molar-refractivity contribution in [2.45, 2.75) is 26.4 Å². The quantitative estimate of drug-likeness (QED) is 0.439. The van der Waals surface area contributed by atoms with Gasteiger partial charge >= 0.3 is 0 Å². The van der Waals surface area contributed by atoms with Gasteiger partial charge in [-0.15, -0.1) is 0 Å². The van der Waals surface area contributed by atoms with Gasteiger partial charge in [0.05, 0.1) is 6.61 Å². The minimum atomic E-state index is -0.718. The smallest absolute Gasteiger partial charge is 0.210 e. The fraction of sp³-hybridized carbons (Fsp3) is 0.833. The topological polar surface area (TPSA) is 53.3 Å². The molecule has 3 heteroatoms. The van der Waals surface area contributed by atoms with E-state index < -0.39 is 6.10 Å². The summed E-state index contributed by atoms with van der Waals surface area (Å²) in [6.07, 6.45) is -0.177. The largest absolute Gasteiger partial charge is 0.480 e. The van der Waals surface area contributed by atoms with Crippen LogP contribution < -0.4 is 0 Å². The van der Waals surface area contributed by atoms with Gasteiger partial charge in [0.2, 0.25) is 5.90 Å². The highest BCUT2D eigenvalue weighted by Gasteiger charge is 2.07. The van der Waals surface area contributed by atoms with Crippen molar-refractivity contribution >= 4 is 5.90 Å². The average Bonchev–Trinajstić information content (AvgIpc) is 1.87. The monoisotopic (exact) mass is 131 g/mol. The molecule has 3 nitrogen and oxygen atoms in total. The lowest BCUT2D eigenvalue weighted by Crippen LogP contribution is -2.20. The molecule has 9 heavy (non-hydrogen) atoms. The first-order valence-corrected chi connectivity index (χ1v) is 3.11. The molecule has 1 atom stereocenters. The van der Waals surface area contributed by atoms with E-state index in [9.17, 15) is 0 Å². The Morgan fingerprint density at radius 2 is 2.22 bits per heavy atom. The van der Waals surface area contributed by atoms with Gasteiger partial charge in [-0.05, 0) is 13.3 Å². The maximum Gasteiger partial charge on any atom is 0.210 e. The number of hydrogen-bond donors (Lipinski definition) is 2. The van der Waals surface area contributed by atoms with E-state index in [0.29, 0.717) is 13.0 Å². The van der Waals surface area contributed by atoms with E-state index in [2.05, 4.69) is 0 Å². The minimum Gasteiger partial charge on any atom is -0.480 e. The van der Waals surface area contributed by atoms with E-state index in [-0.39, 0.29) is 5.90 Å². The number of aliphatic hydroxyl groups excluding tert-OH is 1. The second kappa shape index (κ2) is 4.32. The van der Waals surface area contributed by atoms with Crippen molar-refractivity contribution in [3.63, 3.8) is 0 Å². The zero-order valence-corrected chi connectivity index (χ0v) is 5.85. The molecule has 2 N–H and O–H groups in total. The maximum absolute atomic E-state index is 8.91. The summed E-state index contributed by atoms with van der Waals surface area (Å²) in [5, 5.41) is 15.9. The summed E-state index contributed by atoms with van der Waals surface area (Å²) in [6, 6.07) is 0. The van der Waals surface area contributed by atoms with Crippen molar-refractivity contribution < 1.29 is 9.84 Å². The molecular formula is C6H13NO2. The van der Waals surface area contributed by atoms with Crippen molar-refractivity contribution in [2.24, 2.45) is 0 Å². The molecule has 0 aliphatic carbocycles. The van der Waals surface area contributed by atoms with Crippen LogP contribution in [0.1, 0.15) is 20.3 Å². The molecule has 0 spiro atoms. The first-order valence-electron chi connectivity index (χ1n) is 3.11. The summed E-state index contributed by atoms with van der Waals surface area (Å²) in [6.45, 7) is 4.05. The summed E-state index contributed by atoms with van der Waals surface area (Å²) in [4.78, 5) is 0. The van der Waals surface area contributed by atoms with Crippen LogP contribution in [-0.2, 0) is 4.74 Å².